The predicted octanol–water partition coefficient (Wildman–Crippen LogP) is 4.63. The van der Waals surface area contributed by atoms with E-state index < -0.39 is 17.4 Å². The molecule has 0 aliphatic carbocycles. The SMILES string of the molecule is Fc1cc(-c2nc(N3CCC4(CC3)OCCO4)c3sccc3n2)c(F)cc1Cl. The summed E-state index contributed by atoms with van der Waals surface area (Å²) >= 11 is 7.20. The number of hydrogen-bond donors (Lipinski definition) is 0. The highest BCUT2D eigenvalue weighted by atomic mass is 35.5. The van der Waals surface area contributed by atoms with E-state index in [4.69, 9.17) is 21.1 Å². The fourth-order valence-electron chi connectivity index (χ4n) is 3.72. The molecule has 9 heteroatoms. The molecule has 0 bridgehead atoms. The van der Waals surface area contributed by atoms with Gasteiger partial charge in [0, 0.05) is 25.9 Å². The Bertz CT molecular complexity index is 1050. The average molecular weight is 424 g/mol. The third-order valence-corrected chi connectivity index (χ3v) is 6.36. The lowest BCUT2D eigenvalue weighted by Crippen LogP contribution is -2.45. The van der Waals surface area contributed by atoms with E-state index in [-0.39, 0.29) is 16.4 Å². The van der Waals surface area contributed by atoms with Crippen LogP contribution in [0.15, 0.2) is 23.6 Å². The first-order chi connectivity index (χ1) is 13.5. The zero-order chi connectivity index (χ0) is 19.3. The molecule has 0 saturated carbocycles. The summed E-state index contributed by atoms with van der Waals surface area (Å²) in [6.45, 7) is 2.63. The van der Waals surface area contributed by atoms with E-state index in [1.807, 2.05) is 11.4 Å². The molecular formula is C19H16ClF2N3O2S. The Morgan fingerprint density at radius 2 is 1.82 bits per heavy atom. The molecular weight excluding hydrogens is 408 g/mol. The van der Waals surface area contributed by atoms with E-state index in [1.54, 1.807) is 0 Å². The van der Waals surface area contributed by atoms with Crippen molar-refractivity contribution in [2.45, 2.75) is 18.6 Å². The maximum absolute atomic E-state index is 14.4. The minimum atomic E-state index is -0.705. The molecule has 5 nitrogen and oxygen atoms in total. The third-order valence-electron chi connectivity index (χ3n) is 5.17. The highest BCUT2D eigenvalue weighted by Gasteiger charge is 2.40. The first kappa shape index (κ1) is 18.2. The van der Waals surface area contributed by atoms with Crippen LogP contribution < -0.4 is 4.90 Å². The van der Waals surface area contributed by atoms with E-state index in [9.17, 15) is 8.78 Å². The second-order valence-corrected chi connectivity index (χ2v) is 8.17. The molecule has 2 saturated heterocycles. The van der Waals surface area contributed by atoms with Crippen LogP contribution in [-0.4, -0.2) is 42.1 Å². The summed E-state index contributed by atoms with van der Waals surface area (Å²) in [5.74, 6) is -0.992. The molecule has 5 rings (SSSR count). The minimum Gasteiger partial charge on any atom is -0.355 e. The van der Waals surface area contributed by atoms with Crippen molar-refractivity contribution in [2.75, 3.05) is 31.2 Å². The van der Waals surface area contributed by atoms with Crippen molar-refractivity contribution in [3.63, 3.8) is 0 Å². The van der Waals surface area contributed by atoms with Gasteiger partial charge < -0.3 is 14.4 Å². The number of benzene rings is 1. The van der Waals surface area contributed by atoms with Gasteiger partial charge in [0.15, 0.2) is 17.4 Å². The van der Waals surface area contributed by atoms with Crippen LogP contribution in [0.5, 0.6) is 0 Å². The fourth-order valence-corrected chi connectivity index (χ4v) is 4.72. The van der Waals surface area contributed by atoms with E-state index in [2.05, 4.69) is 14.9 Å². The molecule has 0 amide bonds. The second-order valence-electron chi connectivity index (χ2n) is 6.85. The van der Waals surface area contributed by atoms with Crippen LogP contribution in [0.1, 0.15) is 12.8 Å². The van der Waals surface area contributed by atoms with Gasteiger partial charge in [-0.05, 0) is 23.6 Å². The topological polar surface area (TPSA) is 47.5 Å². The maximum atomic E-state index is 14.4. The molecule has 2 aliphatic heterocycles. The number of anilines is 1. The Labute approximate surface area is 168 Å². The van der Waals surface area contributed by atoms with Gasteiger partial charge in [-0.2, -0.15) is 0 Å². The summed E-state index contributed by atoms with van der Waals surface area (Å²) in [6, 6.07) is 3.85. The Kier molecular flexibility index (Phi) is 4.46. The van der Waals surface area contributed by atoms with Gasteiger partial charge in [-0.3, -0.25) is 0 Å². The quantitative estimate of drug-likeness (QED) is 0.562. The van der Waals surface area contributed by atoms with E-state index in [0.29, 0.717) is 31.8 Å². The first-order valence-corrected chi connectivity index (χ1v) is 10.2. The van der Waals surface area contributed by atoms with Crippen LogP contribution in [0.4, 0.5) is 14.6 Å². The summed E-state index contributed by atoms with van der Waals surface area (Å²) in [6.07, 6.45) is 1.45. The van der Waals surface area contributed by atoms with Crippen molar-refractivity contribution in [1.29, 1.82) is 0 Å². The van der Waals surface area contributed by atoms with Gasteiger partial charge in [0.1, 0.15) is 11.6 Å². The third kappa shape index (κ3) is 3.04. The number of rotatable bonds is 2. The molecule has 2 aliphatic rings. The van der Waals surface area contributed by atoms with Crippen molar-refractivity contribution in [1.82, 2.24) is 9.97 Å². The molecule has 28 heavy (non-hydrogen) atoms. The molecule has 4 heterocycles. The van der Waals surface area contributed by atoms with Gasteiger partial charge in [-0.15, -0.1) is 11.3 Å². The number of halogens is 3. The molecule has 0 radical (unpaired) electrons. The van der Waals surface area contributed by atoms with E-state index >= 15 is 0 Å². The number of fused-ring (bicyclic) bond motifs is 1. The van der Waals surface area contributed by atoms with Crippen molar-refractivity contribution in [2.24, 2.45) is 0 Å². The summed E-state index contributed by atoms with van der Waals surface area (Å²) < 4.78 is 40.9. The van der Waals surface area contributed by atoms with Gasteiger partial charge in [-0.1, -0.05) is 11.6 Å². The lowest BCUT2D eigenvalue weighted by Gasteiger charge is -2.38. The lowest BCUT2D eigenvalue weighted by molar-refractivity contribution is -0.169. The molecule has 0 N–H and O–H groups in total. The number of aromatic nitrogens is 2. The van der Waals surface area contributed by atoms with Gasteiger partial charge in [-0.25, -0.2) is 18.7 Å². The Hall–Kier alpha value is -1.87. The van der Waals surface area contributed by atoms with Crippen LogP contribution in [0.3, 0.4) is 0 Å². The highest BCUT2D eigenvalue weighted by Crippen LogP contribution is 2.37. The molecule has 146 valence electrons. The number of thiophene rings is 1. The van der Waals surface area contributed by atoms with Crippen LogP contribution in [0.25, 0.3) is 21.6 Å². The van der Waals surface area contributed by atoms with Crippen molar-refractivity contribution < 1.29 is 18.3 Å². The van der Waals surface area contributed by atoms with Crippen LogP contribution in [0.2, 0.25) is 5.02 Å². The van der Waals surface area contributed by atoms with E-state index in [0.717, 1.165) is 35.5 Å². The second kappa shape index (κ2) is 6.88. The first-order valence-electron chi connectivity index (χ1n) is 8.98. The smallest absolute Gasteiger partial charge is 0.171 e. The average Bonchev–Trinajstić information content (AvgIpc) is 3.34. The predicted molar refractivity (Wildman–Crippen MR) is 104 cm³/mol. The molecule has 1 spiro atoms. The van der Waals surface area contributed by atoms with Crippen molar-refractivity contribution in [3.05, 3.63) is 40.2 Å². The van der Waals surface area contributed by atoms with Crippen LogP contribution >= 0.6 is 22.9 Å². The molecule has 2 fully saturated rings. The monoisotopic (exact) mass is 423 g/mol. The molecule has 0 atom stereocenters. The fraction of sp³-hybridized carbons (Fsp3) is 0.368. The van der Waals surface area contributed by atoms with Crippen LogP contribution in [0, 0.1) is 11.6 Å². The van der Waals surface area contributed by atoms with Gasteiger partial charge in [0.05, 0.1) is 34.0 Å². The summed E-state index contributed by atoms with van der Waals surface area (Å²) in [7, 11) is 0. The zero-order valence-corrected chi connectivity index (χ0v) is 16.3. The molecule has 1 aromatic carbocycles. The standard InChI is InChI=1S/C19H16ClF2N3O2S/c20-12-10-13(21)11(9-14(12)22)17-23-15-1-8-28-16(15)18(24-17)25-4-2-19(3-5-25)26-6-7-27-19/h1,8-10H,2-7H2. The summed E-state index contributed by atoms with van der Waals surface area (Å²) in [5, 5.41) is 1.65. The highest BCUT2D eigenvalue weighted by molar-refractivity contribution is 7.17. The normalized spacial score (nSPS) is 19.0. The molecule has 0 unspecified atom stereocenters. The largest absolute Gasteiger partial charge is 0.355 e. The summed E-state index contributed by atoms with van der Waals surface area (Å²) in [5.41, 5.74) is 0.695. The van der Waals surface area contributed by atoms with Crippen LogP contribution in [-0.2, 0) is 9.47 Å². The molecule has 3 aromatic rings. The number of ether oxygens (including phenoxy) is 2. The van der Waals surface area contributed by atoms with Crippen molar-refractivity contribution in [3.8, 4) is 11.4 Å². The maximum Gasteiger partial charge on any atom is 0.171 e. The Morgan fingerprint density at radius 1 is 1.07 bits per heavy atom. The number of hydrogen-bond acceptors (Lipinski definition) is 6. The Morgan fingerprint density at radius 3 is 2.57 bits per heavy atom. The van der Waals surface area contributed by atoms with Crippen molar-refractivity contribution >= 4 is 39.0 Å². The van der Waals surface area contributed by atoms with Gasteiger partial charge in [0.25, 0.3) is 0 Å². The number of piperidine rings is 1. The van der Waals surface area contributed by atoms with Gasteiger partial charge >= 0.3 is 0 Å². The minimum absolute atomic E-state index is 0.00723. The Balaban J connectivity index is 1.55. The zero-order valence-electron chi connectivity index (χ0n) is 14.8. The number of nitrogens with zero attached hydrogens (tertiary/aromatic N) is 3. The lowest BCUT2D eigenvalue weighted by atomic mass is 10.0. The molecule has 2 aromatic heterocycles. The van der Waals surface area contributed by atoms with Gasteiger partial charge in [0.2, 0.25) is 0 Å². The summed E-state index contributed by atoms with van der Waals surface area (Å²) in [4.78, 5) is 11.2. The van der Waals surface area contributed by atoms with E-state index in [1.165, 1.54) is 11.3 Å².